The maximum absolute atomic E-state index is 14.5. The zero-order valence-corrected chi connectivity index (χ0v) is 38.6. The number of carbonyl (C=O) groups excluding carboxylic acids is 5. The van der Waals surface area contributed by atoms with Crippen LogP contribution in [0.2, 0.25) is 0 Å². The number of benzene rings is 3. The van der Waals surface area contributed by atoms with Crippen molar-refractivity contribution in [1.82, 2.24) is 20.4 Å². The Kier molecular flexibility index (Phi) is 14.2. The van der Waals surface area contributed by atoms with Crippen molar-refractivity contribution in [3.05, 3.63) is 101 Å². The lowest BCUT2D eigenvalue weighted by Crippen LogP contribution is -2.61. The number of nitrogens with zero attached hydrogens (tertiary/aromatic N) is 3. The highest BCUT2D eigenvalue weighted by molar-refractivity contribution is 5.96. The van der Waals surface area contributed by atoms with Crippen LogP contribution < -0.4 is 27.0 Å². The number of ether oxygens (including phenoxy) is 2. The Labute approximate surface area is 381 Å². The van der Waals surface area contributed by atoms with Crippen LogP contribution in [0.5, 0.6) is 0 Å². The fourth-order valence-electron chi connectivity index (χ4n) is 9.61. The summed E-state index contributed by atoms with van der Waals surface area (Å²) in [5.74, 6) is -2.28. The number of likely N-dealkylation sites (tertiary alicyclic amines) is 2. The highest BCUT2D eigenvalue weighted by Crippen LogP contribution is 2.42. The molecule has 16 nitrogen and oxygen atoms in total. The number of nitrogens with one attached hydrogen (secondary N) is 2. The molecule has 0 aliphatic carbocycles. The molecule has 3 saturated heterocycles. The largest absolute Gasteiger partial charge is 0.465 e. The molecule has 1 unspecified atom stereocenters. The minimum absolute atomic E-state index is 0.244. The van der Waals surface area contributed by atoms with Gasteiger partial charge in [0.2, 0.25) is 23.6 Å². The monoisotopic (exact) mass is 895 g/mol. The van der Waals surface area contributed by atoms with Crippen molar-refractivity contribution in [2.24, 2.45) is 22.3 Å². The maximum atomic E-state index is 14.5. The van der Waals surface area contributed by atoms with E-state index in [4.69, 9.17) is 20.9 Å². The Hall–Kier alpha value is -6.16. The number of primary amides is 2. The Balaban J connectivity index is 1.23. The summed E-state index contributed by atoms with van der Waals surface area (Å²) >= 11 is 0. The van der Waals surface area contributed by atoms with E-state index in [9.17, 15) is 33.9 Å². The summed E-state index contributed by atoms with van der Waals surface area (Å²) in [6, 6.07) is 22.7. The predicted octanol–water partition coefficient (Wildman–Crippen LogP) is 5.50. The molecule has 7 N–H and O–H groups in total. The Morgan fingerprint density at radius 1 is 0.738 bits per heavy atom. The van der Waals surface area contributed by atoms with Gasteiger partial charge in [-0.05, 0) is 77.8 Å². The standard InChI is InChI=1S/C49H65N7O9/c1-31-37(23-28-64-31)65-45(63)53-39(47(5,6)7)41(58)56-27-12-25-49(56,43(51)60)35-21-17-33(18-22-35)30-54(36-13-9-8-10-14-36)29-32-15-19-34(20-16-32)48(42(50)59)24-11-26-55(48)40(57)38(46(2,3)4)52-44(61)62/h8-10,13-22,31,37-39,52H,11-12,23-30H2,1-7H3,(H2,50,59)(H2,51,60)(H,53,63)(H,61,62)/t31?,37-,38+,39+,48-,49-/m0/s1. The van der Waals surface area contributed by atoms with Crippen molar-refractivity contribution < 1.29 is 43.3 Å². The molecule has 6 amide bonds. The van der Waals surface area contributed by atoms with E-state index in [1.165, 1.54) is 9.80 Å². The van der Waals surface area contributed by atoms with Gasteiger partial charge in [-0.25, -0.2) is 9.59 Å². The molecule has 3 aromatic rings. The first-order valence-corrected chi connectivity index (χ1v) is 22.4. The topological polar surface area (TPSA) is 227 Å². The van der Waals surface area contributed by atoms with Crippen LogP contribution in [0.15, 0.2) is 78.9 Å². The van der Waals surface area contributed by atoms with Crippen LogP contribution in [0.1, 0.15) is 103 Å². The number of anilines is 1. The molecule has 350 valence electrons. The Morgan fingerprint density at radius 3 is 1.57 bits per heavy atom. The van der Waals surface area contributed by atoms with E-state index in [-0.39, 0.29) is 19.2 Å². The van der Waals surface area contributed by atoms with Crippen LogP contribution in [0.25, 0.3) is 0 Å². The molecule has 3 aromatic carbocycles. The minimum atomic E-state index is -1.46. The number of alkyl carbamates (subject to hydrolysis) is 1. The molecule has 0 radical (unpaired) electrons. The predicted molar refractivity (Wildman–Crippen MR) is 244 cm³/mol. The number of amides is 6. The van der Waals surface area contributed by atoms with Crippen LogP contribution in [0.3, 0.4) is 0 Å². The number of carbonyl (C=O) groups is 6. The first-order chi connectivity index (χ1) is 30.6. The fraction of sp³-hybridized carbons (Fsp3) is 0.510. The van der Waals surface area contributed by atoms with Crippen molar-refractivity contribution in [1.29, 1.82) is 0 Å². The molecule has 65 heavy (non-hydrogen) atoms. The number of carboxylic acid groups (broad SMARTS) is 1. The summed E-state index contributed by atoms with van der Waals surface area (Å²) in [5, 5.41) is 14.7. The van der Waals surface area contributed by atoms with Gasteiger partial charge in [0.1, 0.15) is 29.3 Å². The zero-order valence-electron chi connectivity index (χ0n) is 38.6. The summed E-state index contributed by atoms with van der Waals surface area (Å²) in [5.41, 5.74) is 11.8. The molecular formula is C49H65N7O9. The second-order valence-electron chi connectivity index (χ2n) is 19.7. The third-order valence-corrected chi connectivity index (χ3v) is 13.2. The van der Waals surface area contributed by atoms with Crippen molar-refractivity contribution in [3.8, 4) is 0 Å². The number of hydrogen-bond acceptors (Lipinski definition) is 9. The summed E-state index contributed by atoms with van der Waals surface area (Å²) in [6.07, 6.45) is -0.535. The number of rotatable bonds is 14. The summed E-state index contributed by atoms with van der Waals surface area (Å²) in [6.45, 7) is 14.6. The smallest absolute Gasteiger partial charge is 0.408 e. The Bertz CT molecular complexity index is 2220. The summed E-state index contributed by atoms with van der Waals surface area (Å²) in [7, 11) is 0. The fourth-order valence-corrected chi connectivity index (χ4v) is 9.61. The molecule has 0 aromatic heterocycles. The van der Waals surface area contributed by atoms with E-state index >= 15 is 0 Å². The lowest BCUT2D eigenvalue weighted by Gasteiger charge is -2.41. The molecule has 3 aliphatic rings. The molecular weight excluding hydrogens is 831 g/mol. The third-order valence-electron chi connectivity index (χ3n) is 13.2. The van der Waals surface area contributed by atoms with Gasteiger partial charge in [-0.3, -0.25) is 19.2 Å². The molecule has 6 atom stereocenters. The number of hydrogen-bond donors (Lipinski definition) is 5. The van der Waals surface area contributed by atoms with Crippen LogP contribution in [0, 0.1) is 10.8 Å². The Morgan fingerprint density at radius 2 is 1.18 bits per heavy atom. The molecule has 6 rings (SSSR count). The van der Waals surface area contributed by atoms with Crippen LogP contribution >= 0.6 is 0 Å². The second-order valence-corrected chi connectivity index (χ2v) is 19.7. The van der Waals surface area contributed by atoms with Crippen molar-refractivity contribution in [2.45, 2.75) is 129 Å². The average Bonchev–Trinajstić information content (AvgIpc) is 4.01. The normalized spacial score (nSPS) is 23.1. The highest BCUT2D eigenvalue weighted by Gasteiger charge is 2.54. The van der Waals surface area contributed by atoms with Gasteiger partial charge < -0.3 is 51.4 Å². The first kappa shape index (κ1) is 48.3. The quantitative estimate of drug-likeness (QED) is 0.137. The van der Waals surface area contributed by atoms with Gasteiger partial charge in [0.25, 0.3) is 0 Å². The zero-order chi connectivity index (χ0) is 47.5. The van der Waals surface area contributed by atoms with Crippen molar-refractivity contribution >= 4 is 41.5 Å². The third kappa shape index (κ3) is 10.1. The van der Waals surface area contributed by atoms with Gasteiger partial charge in [0.15, 0.2) is 0 Å². The second kappa shape index (κ2) is 19.1. The van der Waals surface area contributed by atoms with Crippen LogP contribution in [-0.2, 0) is 52.8 Å². The molecule has 0 saturated carbocycles. The van der Waals surface area contributed by atoms with Crippen molar-refractivity contribution in [2.75, 3.05) is 24.6 Å². The SMILES string of the molecule is CC1OCC[C@@H]1OC(=O)N[C@H](C(=O)N1CCC[C@@]1(C(N)=O)c1ccc(CN(Cc2ccc([C@]3(C(N)=O)CCCN3C(=O)[C@@H](NC(=O)O)C(C)(C)C)cc2)c2ccccc2)cc1)C(C)(C)C. The van der Waals surface area contributed by atoms with Gasteiger partial charge in [-0.15, -0.1) is 0 Å². The first-order valence-electron chi connectivity index (χ1n) is 22.4. The van der Waals surface area contributed by atoms with E-state index in [1.54, 1.807) is 20.8 Å². The molecule has 16 heteroatoms. The summed E-state index contributed by atoms with van der Waals surface area (Å²) in [4.78, 5) is 85.5. The van der Waals surface area contributed by atoms with E-state index < -0.39 is 75.9 Å². The van der Waals surface area contributed by atoms with E-state index in [1.807, 2.05) is 107 Å². The van der Waals surface area contributed by atoms with E-state index in [0.29, 0.717) is 62.9 Å². The lowest BCUT2D eigenvalue weighted by atomic mass is 9.82. The minimum Gasteiger partial charge on any atom is -0.465 e. The summed E-state index contributed by atoms with van der Waals surface area (Å²) < 4.78 is 11.2. The van der Waals surface area contributed by atoms with E-state index in [0.717, 1.165) is 16.8 Å². The molecule has 3 heterocycles. The molecule has 3 fully saturated rings. The lowest BCUT2D eigenvalue weighted by molar-refractivity contribution is -0.147. The van der Waals surface area contributed by atoms with Crippen LogP contribution in [0.4, 0.5) is 15.3 Å². The molecule has 0 spiro atoms. The van der Waals surface area contributed by atoms with Gasteiger partial charge in [-0.2, -0.15) is 0 Å². The average molecular weight is 896 g/mol. The molecule has 3 aliphatic heterocycles. The number of para-hydroxylation sites is 1. The highest BCUT2D eigenvalue weighted by atomic mass is 16.6. The van der Waals surface area contributed by atoms with Crippen LogP contribution in [-0.4, -0.2) is 94.7 Å². The van der Waals surface area contributed by atoms with E-state index in [2.05, 4.69) is 15.5 Å². The maximum Gasteiger partial charge on any atom is 0.408 e. The van der Waals surface area contributed by atoms with Gasteiger partial charge in [-0.1, -0.05) is 108 Å². The van der Waals surface area contributed by atoms with Gasteiger partial charge >= 0.3 is 12.2 Å². The van der Waals surface area contributed by atoms with Gasteiger partial charge in [0, 0.05) is 38.3 Å². The van der Waals surface area contributed by atoms with Crippen molar-refractivity contribution in [3.63, 3.8) is 0 Å². The number of nitrogens with two attached hydrogens (primary N) is 2. The van der Waals surface area contributed by atoms with Gasteiger partial charge in [0.05, 0.1) is 12.7 Å². The molecule has 0 bridgehead atoms.